The van der Waals surface area contributed by atoms with Gasteiger partial charge in [0.15, 0.2) is 5.78 Å². The van der Waals surface area contributed by atoms with Crippen LogP contribution in [0.4, 0.5) is 0 Å². The van der Waals surface area contributed by atoms with Crippen molar-refractivity contribution >= 4 is 34.6 Å². The van der Waals surface area contributed by atoms with E-state index in [1.807, 2.05) is 11.8 Å². The van der Waals surface area contributed by atoms with Gasteiger partial charge in [-0.3, -0.25) is 14.5 Å². The average molecular weight is 301 g/mol. The molecular formula is C13H17ClN2O2S. The SMILES string of the molecule is CNC(=O)C1(C)CCN(CC(=O)c2ccc(Cl)s2)C1. The van der Waals surface area contributed by atoms with Crippen molar-refractivity contribution < 1.29 is 9.59 Å². The Bertz CT molecular complexity index is 503. The van der Waals surface area contributed by atoms with Crippen LogP contribution in [0.1, 0.15) is 23.0 Å². The van der Waals surface area contributed by atoms with Crippen molar-refractivity contribution in [2.45, 2.75) is 13.3 Å². The van der Waals surface area contributed by atoms with Crippen LogP contribution in [0.2, 0.25) is 4.34 Å². The third-order valence-corrected chi connectivity index (χ3v) is 4.82. The Hall–Kier alpha value is -0.910. The highest BCUT2D eigenvalue weighted by atomic mass is 35.5. The minimum atomic E-state index is -0.387. The number of nitrogens with zero attached hydrogens (tertiary/aromatic N) is 1. The number of amides is 1. The van der Waals surface area contributed by atoms with Crippen LogP contribution < -0.4 is 5.32 Å². The van der Waals surface area contributed by atoms with Gasteiger partial charge >= 0.3 is 0 Å². The molecule has 1 atom stereocenters. The fourth-order valence-electron chi connectivity index (χ4n) is 2.42. The monoisotopic (exact) mass is 300 g/mol. The van der Waals surface area contributed by atoms with E-state index < -0.39 is 0 Å². The maximum absolute atomic E-state index is 12.1. The van der Waals surface area contributed by atoms with Gasteiger partial charge in [-0.1, -0.05) is 11.6 Å². The van der Waals surface area contributed by atoms with Crippen molar-refractivity contribution in [3.8, 4) is 0 Å². The Morgan fingerprint density at radius 3 is 2.84 bits per heavy atom. The molecule has 0 aromatic carbocycles. The predicted octanol–water partition coefficient (Wildman–Crippen LogP) is 2.04. The number of thiophene rings is 1. The number of likely N-dealkylation sites (tertiary alicyclic amines) is 1. The number of hydrogen-bond acceptors (Lipinski definition) is 4. The van der Waals surface area contributed by atoms with E-state index in [9.17, 15) is 9.59 Å². The van der Waals surface area contributed by atoms with E-state index in [2.05, 4.69) is 5.32 Å². The van der Waals surface area contributed by atoms with Gasteiger partial charge in [0.05, 0.1) is 21.2 Å². The molecule has 1 fully saturated rings. The maximum atomic E-state index is 12.1. The van der Waals surface area contributed by atoms with E-state index in [0.717, 1.165) is 13.0 Å². The minimum Gasteiger partial charge on any atom is -0.359 e. The Morgan fingerprint density at radius 2 is 2.26 bits per heavy atom. The molecule has 1 aliphatic rings. The second kappa shape index (κ2) is 5.61. The summed E-state index contributed by atoms with van der Waals surface area (Å²) < 4.78 is 0.625. The van der Waals surface area contributed by atoms with E-state index >= 15 is 0 Å². The number of Topliss-reactive ketones (excluding diaryl/α,β-unsaturated/α-hetero) is 1. The Labute approximate surface area is 121 Å². The van der Waals surface area contributed by atoms with Crippen LogP contribution in [-0.2, 0) is 4.79 Å². The number of hydrogen-bond donors (Lipinski definition) is 1. The van der Waals surface area contributed by atoms with Crippen LogP contribution in [0, 0.1) is 5.41 Å². The fraction of sp³-hybridized carbons (Fsp3) is 0.538. The summed E-state index contributed by atoms with van der Waals surface area (Å²) in [7, 11) is 1.65. The molecule has 2 rings (SSSR count). The van der Waals surface area contributed by atoms with Gasteiger partial charge in [-0.2, -0.15) is 0 Å². The second-order valence-corrected chi connectivity index (χ2v) is 6.84. The van der Waals surface area contributed by atoms with Crippen LogP contribution in [-0.4, -0.2) is 43.3 Å². The second-order valence-electron chi connectivity index (χ2n) is 5.13. The molecule has 0 saturated carbocycles. The number of ketones is 1. The Morgan fingerprint density at radius 1 is 1.53 bits per heavy atom. The lowest BCUT2D eigenvalue weighted by atomic mass is 9.89. The standard InChI is InChI=1S/C13H17ClN2O2S/c1-13(12(18)15-2)5-6-16(8-13)7-9(17)10-3-4-11(14)19-10/h3-4H,5-8H2,1-2H3,(H,15,18). The molecule has 1 N–H and O–H groups in total. The predicted molar refractivity (Wildman–Crippen MR) is 76.9 cm³/mol. The highest BCUT2D eigenvalue weighted by Gasteiger charge is 2.40. The van der Waals surface area contributed by atoms with Crippen molar-refractivity contribution in [1.82, 2.24) is 10.2 Å². The summed E-state index contributed by atoms with van der Waals surface area (Å²) in [4.78, 5) is 26.6. The molecule has 1 aromatic heterocycles. The number of nitrogens with one attached hydrogen (secondary N) is 1. The molecule has 4 nitrogen and oxygen atoms in total. The molecule has 0 bridgehead atoms. The number of carbonyl (C=O) groups excluding carboxylic acids is 2. The molecule has 19 heavy (non-hydrogen) atoms. The molecule has 1 amide bonds. The van der Waals surface area contributed by atoms with Crippen LogP contribution in [0.5, 0.6) is 0 Å². The van der Waals surface area contributed by atoms with Gasteiger partial charge in [0, 0.05) is 13.6 Å². The zero-order chi connectivity index (χ0) is 14.0. The number of carbonyl (C=O) groups is 2. The summed E-state index contributed by atoms with van der Waals surface area (Å²) in [6.07, 6.45) is 0.783. The first kappa shape index (κ1) is 14.5. The molecule has 104 valence electrons. The van der Waals surface area contributed by atoms with Crippen LogP contribution in [0.25, 0.3) is 0 Å². The van der Waals surface area contributed by atoms with Gasteiger partial charge in [-0.05, 0) is 32.0 Å². The summed E-state index contributed by atoms with van der Waals surface area (Å²) in [5, 5.41) is 2.69. The molecule has 1 aromatic rings. The van der Waals surface area contributed by atoms with E-state index in [0.29, 0.717) is 22.3 Å². The summed E-state index contributed by atoms with van der Waals surface area (Å²) in [6.45, 7) is 3.69. The van der Waals surface area contributed by atoms with Gasteiger partial charge in [0.25, 0.3) is 0 Å². The Balaban J connectivity index is 1.95. The van der Waals surface area contributed by atoms with Gasteiger partial charge < -0.3 is 5.32 Å². The van der Waals surface area contributed by atoms with Crippen LogP contribution in [0.15, 0.2) is 12.1 Å². The highest BCUT2D eigenvalue weighted by molar-refractivity contribution is 7.18. The maximum Gasteiger partial charge on any atom is 0.227 e. The summed E-state index contributed by atoms with van der Waals surface area (Å²) in [5.41, 5.74) is -0.387. The molecule has 1 unspecified atom stereocenters. The van der Waals surface area contributed by atoms with Crippen molar-refractivity contribution in [2.24, 2.45) is 5.41 Å². The third-order valence-electron chi connectivity index (χ3n) is 3.54. The highest BCUT2D eigenvalue weighted by Crippen LogP contribution is 2.30. The van der Waals surface area contributed by atoms with Gasteiger partial charge in [0.1, 0.15) is 0 Å². The average Bonchev–Trinajstić information content (AvgIpc) is 2.96. The lowest BCUT2D eigenvalue weighted by molar-refractivity contribution is -0.129. The van der Waals surface area contributed by atoms with E-state index in [1.165, 1.54) is 11.3 Å². The van der Waals surface area contributed by atoms with Crippen molar-refractivity contribution in [2.75, 3.05) is 26.7 Å². The van der Waals surface area contributed by atoms with Gasteiger partial charge in [0.2, 0.25) is 5.91 Å². The molecule has 0 spiro atoms. The zero-order valence-electron chi connectivity index (χ0n) is 11.0. The van der Waals surface area contributed by atoms with Crippen LogP contribution in [0.3, 0.4) is 0 Å². The summed E-state index contributed by atoms with van der Waals surface area (Å²) >= 11 is 7.13. The molecule has 2 heterocycles. The number of halogens is 1. The molecule has 0 radical (unpaired) electrons. The molecule has 6 heteroatoms. The fourth-order valence-corrected chi connectivity index (χ4v) is 3.40. The number of rotatable bonds is 4. The molecule has 1 saturated heterocycles. The first-order valence-corrected chi connectivity index (χ1v) is 7.37. The molecule has 1 aliphatic heterocycles. The first-order valence-electron chi connectivity index (χ1n) is 6.18. The van der Waals surface area contributed by atoms with Crippen molar-refractivity contribution in [1.29, 1.82) is 0 Å². The van der Waals surface area contributed by atoms with E-state index in [4.69, 9.17) is 11.6 Å². The normalized spacial score (nSPS) is 23.5. The lowest BCUT2D eigenvalue weighted by Crippen LogP contribution is -2.39. The smallest absolute Gasteiger partial charge is 0.227 e. The zero-order valence-corrected chi connectivity index (χ0v) is 12.6. The Kier molecular flexibility index (Phi) is 4.28. The van der Waals surface area contributed by atoms with Crippen molar-refractivity contribution in [3.05, 3.63) is 21.3 Å². The van der Waals surface area contributed by atoms with Gasteiger partial charge in [-0.25, -0.2) is 0 Å². The molecule has 0 aliphatic carbocycles. The quantitative estimate of drug-likeness (QED) is 0.866. The summed E-state index contributed by atoms with van der Waals surface area (Å²) in [6, 6.07) is 3.49. The van der Waals surface area contributed by atoms with Crippen molar-refractivity contribution in [3.63, 3.8) is 0 Å². The lowest BCUT2D eigenvalue weighted by Gasteiger charge is -2.22. The van der Waals surface area contributed by atoms with Gasteiger partial charge in [-0.15, -0.1) is 11.3 Å². The first-order chi connectivity index (χ1) is 8.94. The summed E-state index contributed by atoms with van der Waals surface area (Å²) in [5.74, 6) is 0.111. The van der Waals surface area contributed by atoms with Crippen LogP contribution >= 0.6 is 22.9 Å². The topological polar surface area (TPSA) is 49.4 Å². The minimum absolute atomic E-state index is 0.0432. The largest absolute Gasteiger partial charge is 0.359 e. The van der Waals surface area contributed by atoms with E-state index in [-0.39, 0.29) is 17.1 Å². The molecular weight excluding hydrogens is 284 g/mol. The van der Waals surface area contributed by atoms with E-state index in [1.54, 1.807) is 19.2 Å². The third kappa shape index (κ3) is 3.16.